The van der Waals surface area contributed by atoms with Crippen LogP contribution < -0.4 is 5.32 Å². The first-order valence-electron chi connectivity index (χ1n) is 3.10. The Morgan fingerprint density at radius 2 is 2.45 bits per heavy atom. The molecule has 1 heterocycles. The molecule has 1 aromatic heterocycles. The summed E-state index contributed by atoms with van der Waals surface area (Å²) in [7, 11) is 0. The molecule has 0 aliphatic carbocycles. The minimum absolute atomic E-state index is 0.458. The van der Waals surface area contributed by atoms with Crippen molar-refractivity contribution in [2.45, 2.75) is 6.54 Å². The van der Waals surface area contributed by atoms with Crippen LogP contribution in [0.5, 0.6) is 0 Å². The average molecular weight is 171 g/mol. The van der Waals surface area contributed by atoms with Gasteiger partial charge in [-0.1, -0.05) is 17.7 Å². The fourth-order valence-electron chi connectivity index (χ4n) is 0.671. The second-order valence-electron chi connectivity index (χ2n) is 1.99. The first-order chi connectivity index (χ1) is 5.33. The topological polar surface area (TPSA) is 42.0 Å². The van der Waals surface area contributed by atoms with E-state index in [0.717, 1.165) is 5.56 Å². The minimum atomic E-state index is 0.458. The predicted molar refractivity (Wildman–Crippen MR) is 42.2 cm³/mol. The Morgan fingerprint density at radius 3 is 3.00 bits per heavy atom. The summed E-state index contributed by atoms with van der Waals surface area (Å²) < 4.78 is 0. The first-order valence-corrected chi connectivity index (χ1v) is 3.48. The third kappa shape index (κ3) is 2.55. The maximum atomic E-state index is 9.89. The number of nitrogens with one attached hydrogen (secondary N) is 1. The lowest BCUT2D eigenvalue weighted by atomic mass is 10.3. The lowest BCUT2D eigenvalue weighted by Gasteiger charge is -1.97. The van der Waals surface area contributed by atoms with Gasteiger partial charge >= 0.3 is 0 Å². The van der Waals surface area contributed by atoms with Gasteiger partial charge in [0.2, 0.25) is 6.41 Å². The fraction of sp³-hybridized carbons (Fsp3) is 0.143. The zero-order valence-electron chi connectivity index (χ0n) is 5.75. The van der Waals surface area contributed by atoms with Crippen molar-refractivity contribution in [3.63, 3.8) is 0 Å². The Kier molecular flexibility index (Phi) is 2.86. The molecule has 0 spiro atoms. The van der Waals surface area contributed by atoms with Crippen molar-refractivity contribution in [3.8, 4) is 0 Å². The summed E-state index contributed by atoms with van der Waals surface area (Å²) in [5, 5.41) is 2.98. The van der Waals surface area contributed by atoms with E-state index in [2.05, 4.69) is 10.3 Å². The van der Waals surface area contributed by atoms with Gasteiger partial charge in [0, 0.05) is 12.7 Å². The van der Waals surface area contributed by atoms with Gasteiger partial charge < -0.3 is 5.32 Å². The Bertz CT molecular complexity index is 235. The van der Waals surface area contributed by atoms with Gasteiger partial charge in [-0.2, -0.15) is 0 Å². The molecule has 0 aromatic carbocycles. The van der Waals surface area contributed by atoms with Crippen LogP contribution in [-0.2, 0) is 11.3 Å². The lowest BCUT2D eigenvalue weighted by molar-refractivity contribution is -0.109. The zero-order chi connectivity index (χ0) is 8.10. The molecule has 0 saturated heterocycles. The molecule has 1 amide bonds. The summed E-state index contributed by atoms with van der Waals surface area (Å²) in [6.45, 7) is 0.494. The third-order valence-corrected chi connectivity index (χ3v) is 1.40. The standard InChI is InChI=1S/C7H7ClN2O/c8-7-2-1-6(4-10-7)3-9-5-11/h1-2,4-5H,3H2,(H,9,11). The molecule has 0 atom stereocenters. The second kappa shape index (κ2) is 3.93. The van der Waals surface area contributed by atoms with E-state index in [0.29, 0.717) is 18.1 Å². The second-order valence-corrected chi connectivity index (χ2v) is 2.38. The maximum Gasteiger partial charge on any atom is 0.207 e. The maximum absolute atomic E-state index is 9.89. The van der Waals surface area contributed by atoms with Gasteiger partial charge in [0.15, 0.2) is 0 Å². The van der Waals surface area contributed by atoms with Gasteiger partial charge in [-0.3, -0.25) is 4.79 Å². The third-order valence-electron chi connectivity index (χ3n) is 1.18. The predicted octanol–water partition coefficient (Wildman–Crippen LogP) is 0.981. The number of nitrogens with zero attached hydrogens (tertiary/aromatic N) is 1. The number of amides is 1. The van der Waals surface area contributed by atoms with E-state index in [1.165, 1.54) is 0 Å². The van der Waals surface area contributed by atoms with Gasteiger partial charge in [-0.25, -0.2) is 4.98 Å². The number of halogens is 1. The summed E-state index contributed by atoms with van der Waals surface area (Å²) in [5.41, 5.74) is 0.932. The van der Waals surface area contributed by atoms with Crippen molar-refractivity contribution < 1.29 is 4.79 Å². The van der Waals surface area contributed by atoms with E-state index in [1.807, 2.05) is 6.07 Å². The van der Waals surface area contributed by atoms with E-state index in [1.54, 1.807) is 12.3 Å². The molecule has 11 heavy (non-hydrogen) atoms. The molecule has 0 saturated carbocycles. The van der Waals surface area contributed by atoms with Gasteiger partial charge in [0.05, 0.1) is 0 Å². The van der Waals surface area contributed by atoms with E-state index in [9.17, 15) is 4.79 Å². The highest BCUT2D eigenvalue weighted by molar-refractivity contribution is 6.29. The lowest BCUT2D eigenvalue weighted by Crippen LogP contribution is -2.09. The summed E-state index contributed by atoms with van der Waals surface area (Å²) in [6.07, 6.45) is 2.27. The molecule has 0 radical (unpaired) electrons. The van der Waals surface area contributed by atoms with Crippen LogP contribution in [0.1, 0.15) is 5.56 Å². The number of pyridine rings is 1. The number of rotatable bonds is 3. The van der Waals surface area contributed by atoms with Crippen molar-refractivity contribution in [1.82, 2.24) is 10.3 Å². The van der Waals surface area contributed by atoms with Gasteiger partial charge in [0.25, 0.3) is 0 Å². The summed E-state index contributed by atoms with van der Waals surface area (Å²) >= 11 is 5.54. The molecule has 0 unspecified atom stereocenters. The van der Waals surface area contributed by atoms with Crippen LogP contribution in [0.4, 0.5) is 0 Å². The van der Waals surface area contributed by atoms with E-state index >= 15 is 0 Å². The van der Waals surface area contributed by atoms with Crippen molar-refractivity contribution in [1.29, 1.82) is 0 Å². The largest absolute Gasteiger partial charge is 0.355 e. The van der Waals surface area contributed by atoms with Crippen molar-refractivity contribution in [2.75, 3.05) is 0 Å². The highest BCUT2D eigenvalue weighted by Crippen LogP contribution is 2.04. The zero-order valence-corrected chi connectivity index (χ0v) is 6.51. The minimum Gasteiger partial charge on any atom is -0.355 e. The molecule has 0 aliphatic rings. The monoisotopic (exact) mass is 170 g/mol. The number of hydrogen-bond donors (Lipinski definition) is 1. The van der Waals surface area contributed by atoms with Crippen LogP contribution >= 0.6 is 11.6 Å². The molecule has 4 heteroatoms. The quantitative estimate of drug-likeness (QED) is 0.543. The molecular formula is C7H7ClN2O. The summed E-state index contributed by atoms with van der Waals surface area (Å²) in [4.78, 5) is 13.7. The number of carbonyl (C=O) groups is 1. The van der Waals surface area contributed by atoms with Crippen LogP contribution in [-0.4, -0.2) is 11.4 Å². The molecular weight excluding hydrogens is 164 g/mol. The fourth-order valence-corrected chi connectivity index (χ4v) is 0.782. The Morgan fingerprint density at radius 1 is 1.64 bits per heavy atom. The average Bonchev–Trinajstić information content (AvgIpc) is 2.04. The van der Waals surface area contributed by atoms with Crippen LogP contribution in [0, 0.1) is 0 Å². The SMILES string of the molecule is O=CNCc1ccc(Cl)nc1. The molecule has 0 fully saturated rings. The Hall–Kier alpha value is -1.09. The molecule has 3 nitrogen and oxygen atoms in total. The first kappa shape index (κ1) is 8.01. The smallest absolute Gasteiger partial charge is 0.207 e. The number of hydrogen-bond acceptors (Lipinski definition) is 2. The number of carbonyl (C=O) groups excluding carboxylic acids is 1. The molecule has 1 rings (SSSR count). The van der Waals surface area contributed by atoms with Crippen LogP contribution in [0.15, 0.2) is 18.3 Å². The van der Waals surface area contributed by atoms with Gasteiger partial charge in [-0.05, 0) is 11.6 Å². The Balaban J connectivity index is 2.58. The molecule has 1 N–H and O–H groups in total. The van der Waals surface area contributed by atoms with Crippen molar-refractivity contribution >= 4 is 18.0 Å². The van der Waals surface area contributed by atoms with Crippen LogP contribution in [0.25, 0.3) is 0 Å². The molecule has 1 aromatic rings. The van der Waals surface area contributed by atoms with Crippen LogP contribution in [0.3, 0.4) is 0 Å². The molecule has 0 aliphatic heterocycles. The molecule has 58 valence electrons. The summed E-state index contributed by atoms with van der Waals surface area (Å²) in [5.74, 6) is 0. The van der Waals surface area contributed by atoms with Crippen molar-refractivity contribution in [3.05, 3.63) is 29.0 Å². The highest BCUT2D eigenvalue weighted by atomic mass is 35.5. The van der Waals surface area contributed by atoms with Gasteiger partial charge in [0.1, 0.15) is 5.15 Å². The van der Waals surface area contributed by atoms with Gasteiger partial charge in [-0.15, -0.1) is 0 Å². The van der Waals surface area contributed by atoms with E-state index in [4.69, 9.17) is 11.6 Å². The van der Waals surface area contributed by atoms with E-state index in [-0.39, 0.29) is 0 Å². The highest BCUT2D eigenvalue weighted by Gasteiger charge is 1.91. The van der Waals surface area contributed by atoms with E-state index < -0.39 is 0 Å². The normalized spacial score (nSPS) is 9.18. The Labute approximate surface area is 69.4 Å². The van der Waals surface area contributed by atoms with Crippen LogP contribution in [0.2, 0.25) is 5.15 Å². The summed E-state index contributed by atoms with van der Waals surface area (Å²) in [6, 6.07) is 3.50. The van der Waals surface area contributed by atoms with Crippen molar-refractivity contribution in [2.24, 2.45) is 0 Å². The number of aromatic nitrogens is 1. The molecule has 0 bridgehead atoms.